The Morgan fingerprint density at radius 3 is 2.00 bits per heavy atom. The molecule has 4 fully saturated rings. The van der Waals surface area contributed by atoms with Crippen LogP contribution in [0.2, 0.25) is 0 Å². The highest BCUT2D eigenvalue weighted by atomic mass is 15.8. The molecule has 86 valence electrons. The molecule has 4 bridgehead atoms. The lowest BCUT2D eigenvalue weighted by Gasteiger charge is -2.59. The Morgan fingerprint density at radius 1 is 1.00 bits per heavy atom. The van der Waals surface area contributed by atoms with Gasteiger partial charge in [0.05, 0.1) is 20.0 Å². The lowest BCUT2D eigenvalue weighted by molar-refractivity contribution is -1.02. The summed E-state index contributed by atoms with van der Waals surface area (Å²) in [6.07, 6.45) is 2.57. The van der Waals surface area contributed by atoms with E-state index in [1.165, 1.54) is 52.9 Å². The third kappa shape index (κ3) is 1.79. The van der Waals surface area contributed by atoms with Crippen molar-refractivity contribution in [2.24, 2.45) is 0 Å². The normalized spacial score (nSPS) is 47.4. The van der Waals surface area contributed by atoms with Crippen LogP contribution < -0.4 is 5.43 Å². The first-order chi connectivity index (χ1) is 7.30. The molecule has 4 rings (SSSR count). The summed E-state index contributed by atoms with van der Waals surface area (Å²) in [6.45, 7) is 10.5. The molecule has 4 heterocycles. The Hall–Kier alpha value is -0.200. The molecule has 5 nitrogen and oxygen atoms in total. The van der Waals surface area contributed by atoms with Gasteiger partial charge in [0.25, 0.3) is 0 Å². The summed E-state index contributed by atoms with van der Waals surface area (Å²) in [5, 5.41) is 0. The van der Waals surface area contributed by atoms with E-state index >= 15 is 0 Å². The summed E-state index contributed by atoms with van der Waals surface area (Å²) in [5.74, 6) is 0. The highest BCUT2D eigenvalue weighted by molar-refractivity contribution is 4.72. The zero-order chi connectivity index (χ0) is 10.3. The minimum atomic E-state index is 1.07. The summed E-state index contributed by atoms with van der Waals surface area (Å²) >= 11 is 0. The van der Waals surface area contributed by atoms with Crippen molar-refractivity contribution in [3.8, 4) is 0 Å². The van der Waals surface area contributed by atoms with Crippen molar-refractivity contribution in [3.05, 3.63) is 0 Å². The molecule has 0 aliphatic carbocycles. The molecule has 0 aromatic carbocycles. The molecule has 4 aliphatic rings. The molecule has 0 aromatic rings. The summed E-state index contributed by atoms with van der Waals surface area (Å²) in [7, 11) is 0. The van der Waals surface area contributed by atoms with Crippen LogP contribution >= 0.6 is 0 Å². The predicted octanol–water partition coefficient (Wildman–Crippen LogP) is -0.200. The zero-order valence-electron chi connectivity index (χ0n) is 9.65. The second-order valence-corrected chi connectivity index (χ2v) is 5.27. The summed E-state index contributed by atoms with van der Waals surface area (Å²) in [6, 6.07) is 0. The molecular formula is C10H22N5+. The largest absolute Gasteiger partial charge is 0.228 e. The zero-order valence-corrected chi connectivity index (χ0v) is 9.65. The molecule has 4 saturated heterocycles. The Kier molecular flexibility index (Phi) is 2.45. The molecule has 0 spiro atoms. The number of nitrogens with one attached hydrogen (secondary N) is 1. The van der Waals surface area contributed by atoms with Gasteiger partial charge >= 0.3 is 0 Å². The number of nitrogens with zero attached hydrogens (tertiary/aromatic N) is 4. The lowest BCUT2D eigenvalue weighted by atomic mass is 10.3. The van der Waals surface area contributed by atoms with Crippen LogP contribution in [0.3, 0.4) is 0 Å². The van der Waals surface area contributed by atoms with Gasteiger partial charge in [0.1, 0.15) is 0 Å². The molecule has 0 aromatic heterocycles. The van der Waals surface area contributed by atoms with E-state index in [9.17, 15) is 0 Å². The molecule has 15 heavy (non-hydrogen) atoms. The third-order valence-electron chi connectivity index (χ3n) is 3.59. The second kappa shape index (κ2) is 3.68. The highest BCUT2D eigenvalue weighted by Crippen LogP contribution is 2.26. The van der Waals surface area contributed by atoms with Gasteiger partial charge in [0.15, 0.2) is 20.0 Å². The van der Waals surface area contributed by atoms with E-state index < -0.39 is 0 Å². The first kappa shape index (κ1) is 9.99. The summed E-state index contributed by atoms with van der Waals surface area (Å²) < 4.78 is 1.07. The molecule has 0 unspecified atom stereocenters. The standard InChI is InChI=1S/C10H22N5/c1-2-3-4-11-15-8-12-5-13(9-15)7-14(6-12)10-15/h11H,2-10H2,1H3/q+1. The minimum Gasteiger partial charge on any atom is -0.228 e. The van der Waals surface area contributed by atoms with Gasteiger partial charge in [-0.3, -0.25) is 0 Å². The number of rotatable bonds is 4. The fraction of sp³-hybridized carbons (Fsp3) is 1.00. The molecule has 0 atom stereocenters. The van der Waals surface area contributed by atoms with Crippen LogP contribution in [-0.2, 0) is 0 Å². The van der Waals surface area contributed by atoms with Crippen LogP contribution in [0, 0.1) is 0 Å². The topological polar surface area (TPSA) is 21.8 Å². The van der Waals surface area contributed by atoms with Gasteiger partial charge in [-0.2, -0.15) is 5.43 Å². The molecule has 0 radical (unpaired) electrons. The lowest BCUT2D eigenvalue weighted by Crippen LogP contribution is -2.82. The third-order valence-corrected chi connectivity index (χ3v) is 3.59. The molecule has 1 N–H and O–H groups in total. The summed E-state index contributed by atoms with van der Waals surface area (Å²) in [4.78, 5) is 7.61. The van der Waals surface area contributed by atoms with E-state index in [4.69, 9.17) is 0 Å². The van der Waals surface area contributed by atoms with E-state index in [1.807, 2.05) is 0 Å². The van der Waals surface area contributed by atoms with Crippen molar-refractivity contribution in [3.63, 3.8) is 0 Å². The van der Waals surface area contributed by atoms with E-state index in [-0.39, 0.29) is 0 Å². The van der Waals surface area contributed by atoms with Crippen LogP contribution in [0.25, 0.3) is 0 Å². The van der Waals surface area contributed by atoms with Crippen molar-refractivity contribution in [2.45, 2.75) is 19.8 Å². The number of quaternary nitrogens is 1. The molecule has 4 aliphatic heterocycles. The molecule has 5 heteroatoms. The second-order valence-electron chi connectivity index (χ2n) is 5.27. The maximum atomic E-state index is 3.74. The van der Waals surface area contributed by atoms with Crippen molar-refractivity contribution in [2.75, 3.05) is 46.6 Å². The Morgan fingerprint density at radius 2 is 1.53 bits per heavy atom. The van der Waals surface area contributed by atoms with E-state index in [0.717, 1.165) is 11.1 Å². The fourth-order valence-corrected chi connectivity index (χ4v) is 3.18. The summed E-state index contributed by atoms with van der Waals surface area (Å²) in [5.41, 5.74) is 3.74. The van der Waals surface area contributed by atoms with Crippen LogP contribution in [-0.4, -0.2) is 65.8 Å². The molecule has 0 saturated carbocycles. The van der Waals surface area contributed by atoms with Gasteiger partial charge in [-0.05, 0) is 6.42 Å². The van der Waals surface area contributed by atoms with Gasteiger partial charge in [0.2, 0.25) is 0 Å². The smallest absolute Gasteiger partial charge is 0.157 e. The van der Waals surface area contributed by atoms with Gasteiger partial charge in [-0.15, -0.1) is 0 Å². The fourth-order valence-electron chi connectivity index (χ4n) is 3.18. The molecular weight excluding hydrogens is 190 g/mol. The maximum Gasteiger partial charge on any atom is 0.157 e. The number of unbranched alkanes of at least 4 members (excludes halogenated alkanes) is 1. The van der Waals surface area contributed by atoms with E-state index in [1.54, 1.807) is 0 Å². The SMILES string of the molecule is CCCCN[N+]12CN3CN(CN(C3)C1)C2. The number of hydrogen-bond donors (Lipinski definition) is 1. The van der Waals surface area contributed by atoms with Crippen LogP contribution in [0.5, 0.6) is 0 Å². The van der Waals surface area contributed by atoms with Gasteiger partial charge in [-0.25, -0.2) is 19.3 Å². The van der Waals surface area contributed by atoms with Gasteiger partial charge < -0.3 is 0 Å². The Bertz CT molecular complexity index is 207. The van der Waals surface area contributed by atoms with Crippen LogP contribution in [0.15, 0.2) is 0 Å². The first-order valence-corrected chi connectivity index (χ1v) is 6.08. The van der Waals surface area contributed by atoms with Crippen molar-refractivity contribution in [1.82, 2.24) is 20.1 Å². The van der Waals surface area contributed by atoms with Crippen molar-refractivity contribution in [1.29, 1.82) is 0 Å². The monoisotopic (exact) mass is 212 g/mol. The predicted molar refractivity (Wildman–Crippen MR) is 57.9 cm³/mol. The van der Waals surface area contributed by atoms with Gasteiger partial charge in [0, 0.05) is 6.54 Å². The average Bonchev–Trinajstić information content (AvgIpc) is 2.15. The minimum absolute atomic E-state index is 1.07. The van der Waals surface area contributed by atoms with Crippen molar-refractivity contribution < 1.29 is 4.59 Å². The van der Waals surface area contributed by atoms with Crippen LogP contribution in [0.4, 0.5) is 0 Å². The Balaban J connectivity index is 1.65. The van der Waals surface area contributed by atoms with E-state index in [2.05, 4.69) is 27.0 Å². The molecule has 0 amide bonds. The van der Waals surface area contributed by atoms with Crippen molar-refractivity contribution >= 4 is 0 Å². The quantitative estimate of drug-likeness (QED) is 0.514. The number of hydrogen-bond acceptors (Lipinski definition) is 4. The average molecular weight is 212 g/mol. The first-order valence-electron chi connectivity index (χ1n) is 6.08. The van der Waals surface area contributed by atoms with Gasteiger partial charge in [-0.1, -0.05) is 13.3 Å². The Labute approximate surface area is 91.8 Å². The maximum absolute atomic E-state index is 3.74. The van der Waals surface area contributed by atoms with E-state index in [0.29, 0.717) is 0 Å². The van der Waals surface area contributed by atoms with Crippen LogP contribution in [0.1, 0.15) is 19.8 Å². The highest BCUT2D eigenvalue weighted by Gasteiger charge is 2.48.